The van der Waals surface area contributed by atoms with Gasteiger partial charge in [-0.3, -0.25) is 0 Å². The number of nitrogens with one attached hydrogen (secondary N) is 1. The molecule has 3 heteroatoms. The fourth-order valence-electron chi connectivity index (χ4n) is 2.06. The van der Waals surface area contributed by atoms with E-state index in [1.54, 1.807) is 0 Å². The van der Waals surface area contributed by atoms with Crippen LogP contribution in [0.4, 0.5) is 0 Å². The molecule has 0 aliphatic carbocycles. The summed E-state index contributed by atoms with van der Waals surface area (Å²) in [6, 6.07) is 6.52. The zero-order valence-corrected chi connectivity index (χ0v) is 12.2. The summed E-state index contributed by atoms with van der Waals surface area (Å²) in [6.07, 6.45) is 2.93. The molecular formula is C16H22N2O. The molecule has 0 bridgehead atoms. The Hall–Kier alpha value is -1.61. The van der Waals surface area contributed by atoms with Gasteiger partial charge in [0.2, 0.25) is 5.89 Å². The summed E-state index contributed by atoms with van der Waals surface area (Å²) < 4.78 is 5.89. The fourth-order valence-corrected chi connectivity index (χ4v) is 2.06. The first kappa shape index (κ1) is 13.8. The van der Waals surface area contributed by atoms with E-state index in [0.29, 0.717) is 0 Å². The van der Waals surface area contributed by atoms with Gasteiger partial charge >= 0.3 is 0 Å². The lowest BCUT2D eigenvalue weighted by Crippen LogP contribution is -2.19. The summed E-state index contributed by atoms with van der Waals surface area (Å²) in [6.45, 7) is 9.38. The molecule has 0 saturated carbocycles. The molecule has 0 fully saturated rings. The summed E-state index contributed by atoms with van der Waals surface area (Å²) in [4.78, 5) is 4.39. The maximum absolute atomic E-state index is 5.89. The van der Waals surface area contributed by atoms with E-state index in [-0.39, 0.29) is 6.04 Å². The number of hydrogen-bond acceptors (Lipinski definition) is 3. The van der Waals surface area contributed by atoms with Crippen LogP contribution in [0.1, 0.15) is 43.3 Å². The van der Waals surface area contributed by atoms with Gasteiger partial charge in [0, 0.05) is 5.56 Å². The number of benzene rings is 1. The predicted octanol–water partition coefficient (Wildman–Crippen LogP) is 4.02. The molecule has 3 nitrogen and oxygen atoms in total. The van der Waals surface area contributed by atoms with Gasteiger partial charge in [0.25, 0.3) is 0 Å². The molecule has 1 unspecified atom stereocenters. The highest BCUT2D eigenvalue weighted by molar-refractivity contribution is 5.62. The Balaban J connectivity index is 2.23. The van der Waals surface area contributed by atoms with Crippen LogP contribution in [-0.4, -0.2) is 11.5 Å². The summed E-state index contributed by atoms with van der Waals surface area (Å²) in [5, 5.41) is 3.38. The normalized spacial score (nSPS) is 12.6. The number of nitrogens with zero attached hydrogens (tertiary/aromatic N) is 1. The molecule has 0 aliphatic rings. The molecule has 1 N–H and O–H groups in total. The maximum Gasteiger partial charge on any atom is 0.211 e. The molecule has 0 amide bonds. The van der Waals surface area contributed by atoms with Crippen LogP contribution in [0.5, 0.6) is 0 Å². The van der Waals surface area contributed by atoms with E-state index in [1.807, 2.05) is 6.20 Å². The van der Waals surface area contributed by atoms with Crippen LogP contribution in [0.25, 0.3) is 11.3 Å². The van der Waals surface area contributed by atoms with E-state index < -0.39 is 0 Å². The predicted molar refractivity (Wildman–Crippen MR) is 78.1 cm³/mol. The van der Waals surface area contributed by atoms with Crippen molar-refractivity contribution >= 4 is 0 Å². The second kappa shape index (κ2) is 6.02. The Labute approximate surface area is 115 Å². The van der Waals surface area contributed by atoms with E-state index in [1.165, 1.54) is 11.1 Å². The zero-order chi connectivity index (χ0) is 13.8. The van der Waals surface area contributed by atoms with Crippen molar-refractivity contribution in [3.8, 4) is 11.3 Å². The average Bonchev–Trinajstić information content (AvgIpc) is 2.88. The summed E-state index contributed by atoms with van der Waals surface area (Å²) >= 11 is 0. The molecule has 1 atom stereocenters. The van der Waals surface area contributed by atoms with Gasteiger partial charge in [-0.25, -0.2) is 4.98 Å². The zero-order valence-electron chi connectivity index (χ0n) is 12.2. The number of rotatable bonds is 5. The Morgan fingerprint density at radius 3 is 2.84 bits per heavy atom. The van der Waals surface area contributed by atoms with Crippen molar-refractivity contribution in [2.75, 3.05) is 6.54 Å². The average molecular weight is 258 g/mol. The Bertz CT molecular complexity index is 545. The van der Waals surface area contributed by atoms with Gasteiger partial charge in [-0.2, -0.15) is 0 Å². The van der Waals surface area contributed by atoms with E-state index in [9.17, 15) is 0 Å². The summed E-state index contributed by atoms with van der Waals surface area (Å²) in [5.74, 6) is 1.60. The van der Waals surface area contributed by atoms with Crippen molar-refractivity contribution in [2.24, 2.45) is 0 Å². The minimum atomic E-state index is 0.152. The first-order chi connectivity index (χ1) is 9.11. The maximum atomic E-state index is 5.89. The van der Waals surface area contributed by atoms with Crippen LogP contribution in [0.3, 0.4) is 0 Å². The highest BCUT2D eigenvalue weighted by Gasteiger charge is 2.13. The molecule has 0 radical (unpaired) electrons. The Morgan fingerprint density at radius 1 is 1.32 bits per heavy atom. The minimum Gasteiger partial charge on any atom is -0.439 e. The molecule has 0 aliphatic heterocycles. The highest BCUT2D eigenvalue weighted by atomic mass is 16.4. The quantitative estimate of drug-likeness (QED) is 0.880. The molecule has 1 heterocycles. The lowest BCUT2D eigenvalue weighted by Gasteiger charge is -2.08. The molecular weight excluding hydrogens is 236 g/mol. The number of aromatic nitrogens is 1. The van der Waals surface area contributed by atoms with Crippen LogP contribution in [0.2, 0.25) is 0 Å². The molecule has 1 aromatic heterocycles. The molecule has 2 aromatic rings. The van der Waals surface area contributed by atoms with Crippen molar-refractivity contribution < 1.29 is 4.42 Å². The van der Waals surface area contributed by atoms with Crippen molar-refractivity contribution in [3.63, 3.8) is 0 Å². The van der Waals surface area contributed by atoms with Crippen LogP contribution >= 0.6 is 0 Å². The van der Waals surface area contributed by atoms with Crippen LogP contribution in [0.15, 0.2) is 28.8 Å². The summed E-state index contributed by atoms with van der Waals surface area (Å²) in [5.41, 5.74) is 3.57. The second-order valence-electron chi connectivity index (χ2n) is 5.06. The van der Waals surface area contributed by atoms with E-state index >= 15 is 0 Å². The standard InChI is InChI=1S/C16H22N2O/c1-5-8-17-13(4)16-18-10-15(19-16)14-9-11(2)6-7-12(14)3/h6-7,9-10,13,17H,5,8H2,1-4H3. The molecule has 102 valence electrons. The van der Waals surface area contributed by atoms with Crippen molar-refractivity contribution in [2.45, 2.75) is 40.2 Å². The molecule has 0 spiro atoms. The largest absolute Gasteiger partial charge is 0.439 e. The SMILES string of the molecule is CCCNC(C)c1ncc(-c2cc(C)ccc2C)o1. The number of oxazole rings is 1. The minimum absolute atomic E-state index is 0.152. The lowest BCUT2D eigenvalue weighted by atomic mass is 10.0. The van der Waals surface area contributed by atoms with Crippen LogP contribution in [0, 0.1) is 13.8 Å². The third-order valence-corrected chi connectivity index (χ3v) is 3.25. The second-order valence-corrected chi connectivity index (χ2v) is 5.06. The van der Waals surface area contributed by atoms with Gasteiger partial charge in [-0.15, -0.1) is 0 Å². The highest BCUT2D eigenvalue weighted by Crippen LogP contribution is 2.26. The number of aryl methyl sites for hydroxylation is 2. The van der Waals surface area contributed by atoms with Gasteiger partial charge in [-0.05, 0) is 45.4 Å². The lowest BCUT2D eigenvalue weighted by molar-refractivity contribution is 0.423. The first-order valence-electron chi connectivity index (χ1n) is 6.88. The van der Waals surface area contributed by atoms with Crippen LogP contribution in [-0.2, 0) is 0 Å². The Morgan fingerprint density at radius 2 is 2.11 bits per heavy atom. The summed E-state index contributed by atoms with van der Waals surface area (Å²) in [7, 11) is 0. The van der Waals surface area contributed by atoms with Gasteiger partial charge in [0.15, 0.2) is 5.76 Å². The molecule has 1 aromatic carbocycles. The van der Waals surface area contributed by atoms with Crippen LogP contribution < -0.4 is 5.32 Å². The molecule has 0 saturated heterocycles. The van der Waals surface area contributed by atoms with E-state index in [0.717, 1.165) is 30.2 Å². The fraction of sp³-hybridized carbons (Fsp3) is 0.438. The topological polar surface area (TPSA) is 38.1 Å². The van der Waals surface area contributed by atoms with Crippen molar-refractivity contribution in [1.82, 2.24) is 10.3 Å². The molecule has 2 rings (SSSR count). The smallest absolute Gasteiger partial charge is 0.211 e. The monoisotopic (exact) mass is 258 g/mol. The third-order valence-electron chi connectivity index (χ3n) is 3.25. The van der Waals surface area contributed by atoms with Gasteiger partial charge in [-0.1, -0.05) is 24.6 Å². The van der Waals surface area contributed by atoms with E-state index in [4.69, 9.17) is 4.42 Å². The van der Waals surface area contributed by atoms with Gasteiger partial charge < -0.3 is 9.73 Å². The number of hydrogen-bond donors (Lipinski definition) is 1. The van der Waals surface area contributed by atoms with Gasteiger partial charge in [0.05, 0.1) is 12.2 Å². The van der Waals surface area contributed by atoms with Crippen molar-refractivity contribution in [3.05, 3.63) is 41.4 Å². The van der Waals surface area contributed by atoms with Gasteiger partial charge in [0.1, 0.15) is 0 Å². The van der Waals surface area contributed by atoms with E-state index in [2.05, 4.69) is 56.2 Å². The first-order valence-corrected chi connectivity index (χ1v) is 6.88. The Kier molecular flexibility index (Phi) is 4.38. The van der Waals surface area contributed by atoms with Crippen molar-refractivity contribution in [1.29, 1.82) is 0 Å². The third kappa shape index (κ3) is 3.24. The molecule has 19 heavy (non-hydrogen) atoms.